The Bertz CT molecular complexity index is 332. The molecule has 0 radical (unpaired) electrons. The van der Waals surface area contributed by atoms with Crippen LogP contribution in [0.25, 0.3) is 0 Å². The Balaban J connectivity index is 1.75. The Labute approximate surface area is 105 Å². The SMILES string of the molecule is CCCNCC1CCC1Cc1cnn(CC)c1. The minimum atomic E-state index is 0.883. The van der Waals surface area contributed by atoms with Gasteiger partial charge >= 0.3 is 0 Å². The fourth-order valence-corrected chi connectivity index (χ4v) is 2.63. The third-order valence-electron chi connectivity index (χ3n) is 3.92. The summed E-state index contributed by atoms with van der Waals surface area (Å²) in [6, 6.07) is 0. The molecule has 1 fully saturated rings. The van der Waals surface area contributed by atoms with E-state index in [1.807, 2.05) is 10.9 Å². The Morgan fingerprint density at radius 1 is 1.35 bits per heavy atom. The van der Waals surface area contributed by atoms with Crippen LogP contribution in [0.3, 0.4) is 0 Å². The standard InChI is InChI=1S/C14H25N3/c1-3-7-15-10-14-6-5-13(14)8-12-9-16-17(4-2)11-12/h9,11,13-15H,3-8,10H2,1-2H3. The third kappa shape index (κ3) is 3.32. The molecule has 1 aromatic heterocycles. The average molecular weight is 235 g/mol. The van der Waals surface area contributed by atoms with Gasteiger partial charge in [0.2, 0.25) is 0 Å². The van der Waals surface area contributed by atoms with Crippen LogP contribution in [-0.2, 0) is 13.0 Å². The molecular formula is C14H25N3. The van der Waals surface area contributed by atoms with Crippen LogP contribution >= 0.6 is 0 Å². The van der Waals surface area contributed by atoms with E-state index in [4.69, 9.17) is 0 Å². The molecule has 0 aliphatic heterocycles. The van der Waals surface area contributed by atoms with Crippen molar-refractivity contribution in [2.24, 2.45) is 11.8 Å². The Hall–Kier alpha value is -0.830. The largest absolute Gasteiger partial charge is 0.316 e. The van der Waals surface area contributed by atoms with Gasteiger partial charge in [0.25, 0.3) is 0 Å². The van der Waals surface area contributed by atoms with Crippen LogP contribution in [-0.4, -0.2) is 22.9 Å². The van der Waals surface area contributed by atoms with Gasteiger partial charge in [-0.2, -0.15) is 5.10 Å². The fraction of sp³-hybridized carbons (Fsp3) is 0.786. The first kappa shape index (κ1) is 12.6. The van der Waals surface area contributed by atoms with Gasteiger partial charge in [0.05, 0.1) is 6.20 Å². The number of aromatic nitrogens is 2. The van der Waals surface area contributed by atoms with Gasteiger partial charge in [0, 0.05) is 12.7 Å². The zero-order chi connectivity index (χ0) is 12.1. The monoisotopic (exact) mass is 235 g/mol. The zero-order valence-corrected chi connectivity index (χ0v) is 11.2. The number of hydrogen-bond acceptors (Lipinski definition) is 2. The molecule has 1 N–H and O–H groups in total. The average Bonchev–Trinajstić information content (AvgIpc) is 2.78. The summed E-state index contributed by atoms with van der Waals surface area (Å²) in [5.41, 5.74) is 1.41. The van der Waals surface area contributed by atoms with Crippen LogP contribution in [0.2, 0.25) is 0 Å². The summed E-state index contributed by atoms with van der Waals surface area (Å²) in [6.07, 6.45) is 9.51. The normalized spacial score (nSPS) is 23.6. The Morgan fingerprint density at radius 2 is 2.18 bits per heavy atom. The molecule has 0 saturated heterocycles. The summed E-state index contributed by atoms with van der Waals surface area (Å²) in [5.74, 6) is 1.78. The molecule has 3 heteroatoms. The molecule has 1 saturated carbocycles. The number of aryl methyl sites for hydroxylation is 1. The number of nitrogens with zero attached hydrogens (tertiary/aromatic N) is 2. The van der Waals surface area contributed by atoms with Gasteiger partial charge in [-0.1, -0.05) is 6.92 Å². The van der Waals surface area contributed by atoms with E-state index < -0.39 is 0 Å². The molecule has 2 atom stereocenters. The van der Waals surface area contributed by atoms with Crippen LogP contribution < -0.4 is 5.32 Å². The summed E-state index contributed by atoms with van der Waals surface area (Å²) < 4.78 is 2.03. The second kappa shape index (κ2) is 6.20. The van der Waals surface area contributed by atoms with Crippen molar-refractivity contribution in [3.63, 3.8) is 0 Å². The van der Waals surface area contributed by atoms with E-state index in [1.165, 1.54) is 37.8 Å². The summed E-state index contributed by atoms with van der Waals surface area (Å²) in [7, 11) is 0. The predicted octanol–water partition coefficient (Wildman–Crippen LogP) is 2.47. The highest BCUT2D eigenvalue weighted by molar-refractivity contribution is 5.07. The van der Waals surface area contributed by atoms with Crippen LogP contribution in [0.1, 0.15) is 38.7 Å². The first-order chi connectivity index (χ1) is 8.33. The van der Waals surface area contributed by atoms with Crippen molar-refractivity contribution in [1.29, 1.82) is 0 Å². The van der Waals surface area contributed by atoms with Crippen LogP contribution in [0, 0.1) is 11.8 Å². The van der Waals surface area contributed by atoms with Crippen LogP contribution in [0.5, 0.6) is 0 Å². The predicted molar refractivity (Wildman–Crippen MR) is 71.0 cm³/mol. The molecule has 2 unspecified atom stereocenters. The Kier molecular flexibility index (Phi) is 4.60. The summed E-state index contributed by atoms with van der Waals surface area (Å²) in [6.45, 7) is 7.71. The molecule has 0 spiro atoms. The van der Waals surface area contributed by atoms with E-state index in [9.17, 15) is 0 Å². The molecule has 1 heterocycles. The topological polar surface area (TPSA) is 29.9 Å². The second-order valence-electron chi connectivity index (χ2n) is 5.21. The van der Waals surface area contributed by atoms with Crippen molar-refractivity contribution in [2.45, 2.75) is 46.1 Å². The molecule has 2 rings (SSSR count). The van der Waals surface area contributed by atoms with Crippen molar-refractivity contribution in [3.8, 4) is 0 Å². The van der Waals surface area contributed by atoms with E-state index in [1.54, 1.807) is 0 Å². The van der Waals surface area contributed by atoms with Crippen molar-refractivity contribution in [1.82, 2.24) is 15.1 Å². The van der Waals surface area contributed by atoms with E-state index >= 15 is 0 Å². The quantitative estimate of drug-likeness (QED) is 0.736. The maximum absolute atomic E-state index is 4.35. The molecule has 0 bridgehead atoms. The zero-order valence-electron chi connectivity index (χ0n) is 11.2. The lowest BCUT2D eigenvalue weighted by Crippen LogP contribution is -2.36. The lowest BCUT2D eigenvalue weighted by atomic mass is 9.71. The smallest absolute Gasteiger partial charge is 0.0521 e. The van der Waals surface area contributed by atoms with Gasteiger partial charge in [-0.05, 0) is 63.1 Å². The fourth-order valence-electron chi connectivity index (χ4n) is 2.63. The molecular weight excluding hydrogens is 210 g/mol. The van der Waals surface area contributed by atoms with Gasteiger partial charge in [0.15, 0.2) is 0 Å². The summed E-state index contributed by atoms with van der Waals surface area (Å²) in [4.78, 5) is 0. The van der Waals surface area contributed by atoms with E-state index in [2.05, 4.69) is 30.5 Å². The van der Waals surface area contributed by atoms with Gasteiger partial charge in [-0.3, -0.25) is 4.68 Å². The minimum absolute atomic E-state index is 0.883. The third-order valence-corrected chi connectivity index (χ3v) is 3.92. The molecule has 0 amide bonds. The van der Waals surface area contributed by atoms with E-state index in [-0.39, 0.29) is 0 Å². The van der Waals surface area contributed by atoms with Crippen LogP contribution in [0.4, 0.5) is 0 Å². The first-order valence-corrected chi connectivity index (χ1v) is 7.05. The highest BCUT2D eigenvalue weighted by Crippen LogP contribution is 2.36. The van der Waals surface area contributed by atoms with Gasteiger partial charge < -0.3 is 5.32 Å². The van der Waals surface area contributed by atoms with Gasteiger partial charge in [-0.15, -0.1) is 0 Å². The first-order valence-electron chi connectivity index (χ1n) is 7.05. The van der Waals surface area contributed by atoms with Crippen LogP contribution in [0.15, 0.2) is 12.4 Å². The second-order valence-corrected chi connectivity index (χ2v) is 5.21. The van der Waals surface area contributed by atoms with Crippen molar-refractivity contribution < 1.29 is 0 Å². The summed E-state index contributed by atoms with van der Waals surface area (Å²) in [5, 5.41) is 7.90. The Morgan fingerprint density at radius 3 is 2.76 bits per heavy atom. The lowest BCUT2D eigenvalue weighted by molar-refractivity contribution is 0.171. The molecule has 3 nitrogen and oxygen atoms in total. The minimum Gasteiger partial charge on any atom is -0.316 e. The molecule has 1 aromatic rings. The van der Waals surface area contributed by atoms with Crippen molar-refractivity contribution >= 4 is 0 Å². The number of hydrogen-bond donors (Lipinski definition) is 1. The molecule has 96 valence electrons. The van der Waals surface area contributed by atoms with Crippen molar-refractivity contribution in [3.05, 3.63) is 18.0 Å². The maximum Gasteiger partial charge on any atom is 0.0521 e. The van der Waals surface area contributed by atoms with E-state index in [0.29, 0.717) is 0 Å². The summed E-state index contributed by atoms with van der Waals surface area (Å²) >= 11 is 0. The molecule has 0 aromatic carbocycles. The number of nitrogens with one attached hydrogen (secondary N) is 1. The van der Waals surface area contributed by atoms with Crippen molar-refractivity contribution in [2.75, 3.05) is 13.1 Å². The highest BCUT2D eigenvalue weighted by atomic mass is 15.3. The molecule has 1 aliphatic carbocycles. The molecule has 1 aliphatic rings. The lowest BCUT2D eigenvalue weighted by Gasteiger charge is -2.36. The van der Waals surface area contributed by atoms with Gasteiger partial charge in [0.1, 0.15) is 0 Å². The maximum atomic E-state index is 4.35. The van der Waals surface area contributed by atoms with E-state index in [0.717, 1.165) is 24.9 Å². The number of rotatable bonds is 7. The highest BCUT2D eigenvalue weighted by Gasteiger charge is 2.30. The van der Waals surface area contributed by atoms with Gasteiger partial charge in [-0.25, -0.2) is 0 Å². The molecule has 17 heavy (non-hydrogen) atoms.